The number of carbonyl (C=O) groups is 2. The Morgan fingerprint density at radius 3 is 2.67 bits per heavy atom. The minimum atomic E-state index is -0.543. The first-order valence-electron chi connectivity index (χ1n) is 4.96. The van der Waals surface area contributed by atoms with Crippen molar-refractivity contribution in [3.8, 4) is 0 Å². The zero-order valence-corrected chi connectivity index (χ0v) is 9.21. The first-order chi connectivity index (χ1) is 7.11. The second kappa shape index (κ2) is 8.19. The van der Waals surface area contributed by atoms with Gasteiger partial charge in [0.2, 0.25) is 11.8 Å². The van der Waals surface area contributed by atoms with E-state index in [1.807, 2.05) is 6.92 Å². The molecule has 0 aromatic carbocycles. The molecule has 15 heavy (non-hydrogen) atoms. The molecular weight excluding hydrogens is 198 g/mol. The lowest BCUT2D eigenvalue weighted by atomic mass is 10.3. The molecule has 0 aromatic rings. The van der Waals surface area contributed by atoms with Crippen LogP contribution in [0, 0.1) is 0 Å². The quantitative estimate of drug-likeness (QED) is 0.457. The van der Waals surface area contributed by atoms with E-state index in [1.54, 1.807) is 6.92 Å². The SMILES string of the molecule is CCNC(=O)C(C)NC(=O)COCCN. The Bertz CT molecular complexity index is 209. The van der Waals surface area contributed by atoms with Crippen LogP contribution in [0.25, 0.3) is 0 Å². The van der Waals surface area contributed by atoms with Crippen LogP contribution in [0.4, 0.5) is 0 Å². The molecule has 0 bridgehead atoms. The summed E-state index contributed by atoms with van der Waals surface area (Å²) in [5.74, 6) is -0.521. The van der Waals surface area contributed by atoms with Crippen LogP contribution in [-0.4, -0.2) is 44.2 Å². The van der Waals surface area contributed by atoms with E-state index in [4.69, 9.17) is 10.5 Å². The van der Waals surface area contributed by atoms with Gasteiger partial charge in [-0.15, -0.1) is 0 Å². The molecule has 6 heteroatoms. The highest BCUT2D eigenvalue weighted by Crippen LogP contribution is 1.83. The number of likely N-dealkylation sites (N-methyl/N-ethyl adjacent to an activating group) is 1. The Hall–Kier alpha value is -1.14. The van der Waals surface area contributed by atoms with Gasteiger partial charge >= 0.3 is 0 Å². The molecule has 2 amide bonds. The van der Waals surface area contributed by atoms with Crippen molar-refractivity contribution in [3.63, 3.8) is 0 Å². The van der Waals surface area contributed by atoms with Crippen LogP contribution in [0.1, 0.15) is 13.8 Å². The van der Waals surface area contributed by atoms with Gasteiger partial charge in [0.05, 0.1) is 6.61 Å². The normalized spacial score (nSPS) is 11.9. The van der Waals surface area contributed by atoms with Gasteiger partial charge in [0, 0.05) is 13.1 Å². The number of nitrogens with one attached hydrogen (secondary N) is 2. The molecule has 0 saturated carbocycles. The zero-order chi connectivity index (χ0) is 11.7. The number of hydrogen-bond donors (Lipinski definition) is 3. The van der Waals surface area contributed by atoms with Crippen molar-refractivity contribution in [3.05, 3.63) is 0 Å². The summed E-state index contributed by atoms with van der Waals surface area (Å²) in [6.07, 6.45) is 0. The van der Waals surface area contributed by atoms with Gasteiger partial charge in [0.1, 0.15) is 12.6 Å². The molecule has 0 radical (unpaired) electrons. The van der Waals surface area contributed by atoms with E-state index in [-0.39, 0.29) is 18.4 Å². The molecule has 0 aromatic heterocycles. The van der Waals surface area contributed by atoms with Gasteiger partial charge in [0.15, 0.2) is 0 Å². The van der Waals surface area contributed by atoms with E-state index >= 15 is 0 Å². The topological polar surface area (TPSA) is 93.5 Å². The van der Waals surface area contributed by atoms with Crippen molar-refractivity contribution in [1.82, 2.24) is 10.6 Å². The number of ether oxygens (including phenoxy) is 1. The fourth-order valence-corrected chi connectivity index (χ4v) is 0.924. The second-order valence-corrected chi connectivity index (χ2v) is 3.03. The maximum atomic E-state index is 11.2. The second-order valence-electron chi connectivity index (χ2n) is 3.03. The van der Waals surface area contributed by atoms with Crippen molar-refractivity contribution in [1.29, 1.82) is 0 Å². The molecule has 0 heterocycles. The molecule has 6 nitrogen and oxygen atoms in total. The third-order valence-electron chi connectivity index (χ3n) is 1.62. The molecule has 0 aliphatic rings. The maximum Gasteiger partial charge on any atom is 0.246 e. The first kappa shape index (κ1) is 13.9. The molecule has 0 fully saturated rings. The predicted octanol–water partition coefficient (Wildman–Crippen LogP) is -1.40. The summed E-state index contributed by atoms with van der Waals surface area (Å²) in [5.41, 5.74) is 5.18. The van der Waals surface area contributed by atoms with E-state index < -0.39 is 6.04 Å². The van der Waals surface area contributed by atoms with E-state index in [0.717, 1.165) is 0 Å². The van der Waals surface area contributed by atoms with Gasteiger partial charge in [-0.05, 0) is 13.8 Å². The van der Waals surface area contributed by atoms with Crippen molar-refractivity contribution in [2.45, 2.75) is 19.9 Å². The molecule has 0 aliphatic carbocycles. The zero-order valence-electron chi connectivity index (χ0n) is 9.21. The summed E-state index contributed by atoms with van der Waals surface area (Å²) in [5, 5.41) is 5.11. The number of nitrogens with two attached hydrogens (primary N) is 1. The van der Waals surface area contributed by atoms with Crippen molar-refractivity contribution in [2.75, 3.05) is 26.3 Å². The Balaban J connectivity index is 3.70. The average Bonchev–Trinajstić information content (AvgIpc) is 2.18. The average molecular weight is 217 g/mol. The summed E-state index contributed by atoms with van der Waals surface area (Å²) in [6, 6.07) is -0.543. The number of amides is 2. The van der Waals surface area contributed by atoms with E-state index in [2.05, 4.69) is 10.6 Å². The summed E-state index contributed by atoms with van der Waals surface area (Å²) in [4.78, 5) is 22.4. The van der Waals surface area contributed by atoms with Gasteiger partial charge in [-0.2, -0.15) is 0 Å². The van der Waals surface area contributed by atoms with Gasteiger partial charge in [-0.1, -0.05) is 0 Å². The lowest BCUT2D eigenvalue weighted by Crippen LogP contribution is -2.45. The maximum absolute atomic E-state index is 11.2. The Labute approximate surface area is 89.5 Å². The van der Waals surface area contributed by atoms with Gasteiger partial charge < -0.3 is 21.1 Å². The highest BCUT2D eigenvalue weighted by molar-refractivity contribution is 5.87. The van der Waals surface area contributed by atoms with E-state index in [1.165, 1.54) is 0 Å². The summed E-state index contributed by atoms with van der Waals surface area (Å²) in [7, 11) is 0. The summed E-state index contributed by atoms with van der Waals surface area (Å²) >= 11 is 0. The first-order valence-corrected chi connectivity index (χ1v) is 4.96. The number of rotatable bonds is 7. The molecular formula is C9H19N3O3. The smallest absolute Gasteiger partial charge is 0.246 e. The fourth-order valence-electron chi connectivity index (χ4n) is 0.924. The van der Waals surface area contributed by atoms with E-state index in [9.17, 15) is 9.59 Å². The molecule has 4 N–H and O–H groups in total. The minimum absolute atomic E-state index is 0.0685. The lowest BCUT2D eigenvalue weighted by molar-refractivity contribution is -0.131. The monoisotopic (exact) mass is 217 g/mol. The molecule has 0 spiro atoms. The van der Waals surface area contributed by atoms with Crippen LogP contribution in [0.2, 0.25) is 0 Å². The third kappa shape index (κ3) is 6.87. The number of carbonyl (C=O) groups excluding carboxylic acids is 2. The fraction of sp³-hybridized carbons (Fsp3) is 0.778. The molecule has 0 saturated heterocycles. The van der Waals surface area contributed by atoms with Crippen LogP contribution in [0.15, 0.2) is 0 Å². The van der Waals surface area contributed by atoms with E-state index in [0.29, 0.717) is 19.7 Å². The standard InChI is InChI=1S/C9H19N3O3/c1-3-11-9(14)7(2)12-8(13)6-15-5-4-10/h7H,3-6,10H2,1-2H3,(H,11,14)(H,12,13). The Morgan fingerprint density at radius 1 is 1.47 bits per heavy atom. The molecule has 1 unspecified atom stereocenters. The highest BCUT2D eigenvalue weighted by Gasteiger charge is 2.13. The van der Waals surface area contributed by atoms with Crippen LogP contribution in [0.3, 0.4) is 0 Å². The van der Waals surface area contributed by atoms with Gasteiger partial charge in [0.25, 0.3) is 0 Å². The van der Waals surface area contributed by atoms with Gasteiger partial charge in [-0.3, -0.25) is 9.59 Å². The summed E-state index contributed by atoms with van der Waals surface area (Å²) in [6.45, 7) is 4.62. The highest BCUT2D eigenvalue weighted by atomic mass is 16.5. The van der Waals surface area contributed by atoms with Crippen molar-refractivity contribution < 1.29 is 14.3 Å². The van der Waals surface area contributed by atoms with Gasteiger partial charge in [-0.25, -0.2) is 0 Å². The summed E-state index contributed by atoms with van der Waals surface area (Å²) < 4.78 is 4.92. The van der Waals surface area contributed by atoms with Crippen molar-refractivity contribution in [2.24, 2.45) is 5.73 Å². The Morgan fingerprint density at radius 2 is 2.13 bits per heavy atom. The van der Waals surface area contributed by atoms with Crippen LogP contribution >= 0.6 is 0 Å². The van der Waals surface area contributed by atoms with Crippen LogP contribution in [0.5, 0.6) is 0 Å². The molecule has 1 atom stereocenters. The predicted molar refractivity (Wildman–Crippen MR) is 56.2 cm³/mol. The largest absolute Gasteiger partial charge is 0.370 e. The molecule has 88 valence electrons. The van der Waals surface area contributed by atoms with Crippen molar-refractivity contribution >= 4 is 11.8 Å². The number of hydrogen-bond acceptors (Lipinski definition) is 4. The molecule has 0 rings (SSSR count). The third-order valence-corrected chi connectivity index (χ3v) is 1.62. The molecule has 0 aliphatic heterocycles. The lowest BCUT2D eigenvalue weighted by Gasteiger charge is -2.13. The van der Waals surface area contributed by atoms with Crippen LogP contribution < -0.4 is 16.4 Å². The minimum Gasteiger partial charge on any atom is -0.370 e. The van der Waals surface area contributed by atoms with Crippen LogP contribution in [-0.2, 0) is 14.3 Å². The Kier molecular flexibility index (Phi) is 7.57.